The number of imidazole rings is 1. The first kappa shape index (κ1) is 49.4. The molecule has 3 heterocycles. The van der Waals surface area contributed by atoms with Gasteiger partial charge in [-0.05, 0) is 6.92 Å². The van der Waals surface area contributed by atoms with Gasteiger partial charge in [-0.25, -0.2) is 28.6 Å². The number of carbonyl (C=O) groups is 4. The largest absolute Gasteiger partial charge is 0.481 e. The number of amides is 2. The van der Waals surface area contributed by atoms with Crippen LogP contribution in [0.25, 0.3) is 11.2 Å². The molecule has 2 aromatic rings. The first-order valence-electron chi connectivity index (χ1n) is 16.6. The minimum atomic E-state index is -5.60. The van der Waals surface area contributed by atoms with Gasteiger partial charge < -0.3 is 61.1 Å². The number of nitrogens with one attached hydrogen (secondary N) is 2. The molecule has 8 atom stereocenters. The van der Waals surface area contributed by atoms with Crippen LogP contribution >= 0.6 is 35.2 Å². The zero-order chi connectivity index (χ0) is 43.9. The molecule has 31 heteroatoms. The van der Waals surface area contributed by atoms with Gasteiger partial charge in [0.25, 0.3) is 0 Å². The number of anilines is 1. The van der Waals surface area contributed by atoms with Crippen molar-refractivity contribution in [2.24, 2.45) is 5.41 Å². The van der Waals surface area contributed by atoms with E-state index in [1.807, 2.05) is 0 Å². The summed E-state index contributed by atoms with van der Waals surface area (Å²) in [5.74, 6) is -2.81. The quantitative estimate of drug-likeness (QED) is 0.0436. The molecule has 0 spiro atoms. The topological polar surface area (TPSA) is 421 Å². The first-order valence-corrected chi connectivity index (χ1v) is 22.1. The molecule has 328 valence electrons. The Morgan fingerprint density at radius 3 is 2.31 bits per heavy atom. The average molecular weight is 912 g/mol. The van der Waals surface area contributed by atoms with Crippen LogP contribution in [-0.2, 0) is 55.5 Å². The van der Waals surface area contributed by atoms with Crippen LogP contribution in [0.3, 0.4) is 0 Å². The Morgan fingerprint density at radius 2 is 1.67 bits per heavy atom. The molecule has 27 nitrogen and oxygen atoms in total. The Bertz CT molecular complexity index is 1950. The summed E-state index contributed by atoms with van der Waals surface area (Å²) in [6.45, 7) is 1.29. The summed E-state index contributed by atoms with van der Waals surface area (Å²) < 4.78 is 62.0. The number of rotatable bonds is 23. The van der Waals surface area contributed by atoms with Crippen molar-refractivity contribution in [2.75, 3.05) is 37.8 Å². The number of nitrogen functional groups attached to an aromatic ring is 1. The third kappa shape index (κ3) is 15.2. The van der Waals surface area contributed by atoms with E-state index < -0.39 is 114 Å². The van der Waals surface area contributed by atoms with Crippen molar-refractivity contribution in [2.45, 2.75) is 76.3 Å². The fourth-order valence-electron chi connectivity index (χ4n) is 5.05. The van der Waals surface area contributed by atoms with E-state index in [1.54, 1.807) is 0 Å². The number of thioether (sulfide) groups is 1. The third-order valence-corrected chi connectivity index (χ3v) is 11.8. The second kappa shape index (κ2) is 20.0. The number of nitrogens with zero attached hydrogens (tertiary/aromatic N) is 4. The Labute approximate surface area is 332 Å². The Morgan fingerprint density at radius 1 is 1.02 bits per heavy atom. The lowest BCUT2D eigenvalue weighted by molar-refractivity contribution is -0.142. The zero-order valence-corrected chi connectivity index (χ0v) is 34.3. The molecule has 1 aliphatic rings. The van der Waals surface area contributed by atoms with E-state index >= 15 is 0 Å². The van der Waals surface area contributed by atoms with Gasteiger partial charge in [-0.2, -0.15) is 4.31 Å². The molecular weight excluding hydrogens is 867 g/mol. The fraction of sp³-hybridized carbons (Fsp3) is 0.667. The fourth-order valence-corrected chi connectivity index (χ4v) is 8.72. The van der Waals surface area contributed by atoms with Crippen LogP contribution in [0.15, 0.2) is 12.7 Å². The summed E-state index contributed by atoms with van der Waals surface area (Å²) >= 11 is 0.771. The molecule has 58 heavy (non-hydrogen) atoms. The van der Waals surface area contributed by atoms with Gasteiger partial charge >= 0.3 is 29.4 Å². The maximum absolute atomic E-state index is 12.7. The summed E-state index contributed by atoms with van der Waals surface area (Å²) in [4.78, 5) is 98.2. The highest BCUT2D eigenvalue weighted by atomic mass is 32.2. The van der Waals surface area contributed by atoms with Gasteiger partial charge in [-0.1, -0.05) is 25.6 Å². The lowest BCUT2D eigenvalue weighted by Crippen LogP contribution is -2.46. The summed E-state index contributed by atoms with van der Waals surface area (Å²) in [6, 6.07) is 0. The smallest absolute Gasteiger partial charge is 0.481 e. The maximum atomic E-state index is 12.7. The van der Waals surface area contributed by atoms with Crippen LogP contribution in [0.1, 0.15) is 46.3 Å². The summed E-state index contributed by atoms with van der Waals surface area (Å²) in [6.07, 6.45) is -8.22. The molecular formula is C27H44N7O20P3S. The molecule has 1 aliphatic heterocycles. The molecule has 0 saturated carbocycles. The van der Waals surface area contributed by atoms with Gasteiger partial charge in [0.05, 0.1) is 31.6 Å². The van der Waals surface area contributed by atoms with Crippen molar-refractivity contribution in [3.63, 3.8) is 0 Å². The number of carboxylic acid groups (broad SMARTS) is 1. The van der Waals surface area contributed by atoms with Crippen molar-refractivity contribution in [1.82, 2.24) is 30.2 Å². The monoisotopic (exact) mass is 911 g/mol. The van der Waals surface area contributed by atoms with Crippen molar-refractivity contribution in [3.8, 4) is 0 Å². The molecule has 7 unspecified atom stereocenters. The van der Waals surface area contributed by atoms with Crippen molar-refractivity contribution in [1.29, 1.82) is 0 Å². The predicted molar refractivity (Wildman–Crippen MR) is 195 cm³/mol. The van der Waals surface area contributed by atoms with E-state index in [4.69, 9.17) is 24.6 Å². The minimum absolute atomic E-state index is 0.0147. The molecule has 0 aliphatic carbocycles. The molecule has 12 N–H and O–H groups in total. The number of aliphatic hydroxyl groups is 3. The van der Waals surface area contributed by atoms with Gasteiger partial charge in [-0.3, -0.25) is 37.3 Å². The number of fused-ring (bicyclic) bond motifs is 1. The van der Waals surface area contributed by atoms with E-state index in [9.17, 15) is 67.8 Å². The summed E-state index contributed by atoms with van der Waals surface area (Å²) in [5.41, 5.74) is 2.44. The number of phosphoric ester groups is 3. The number of phosphoric acid groups is 3. The number of carboxylic acids is 1. The number of aromatic nitrogens is 4. The van der Waals surface area contributed by atoms with E-state index in [0.717, 1.165) is 29.0 Å². The minimum Gasteiger partial charge on any atom is -0.481 e. The Kier molecular flexibility index (Phi) is 17.0. The van der Waals surface area contributed by atoms with Crippen LogP contribution in [0.2, 0.25) is 0 Å². The van der Waals surface area contributed by atoms with E-state index in [-0.39, 0.29) is 42.2 Å². The number of ether oxygens (including phenoxy) is 1. The van der Waals surface area contributed by atoms with Gasteiger partial charge in [0.2, 0.25) is 11.8 Å². The lowest BCUT2D eigenvalue weighted by Gasteiger charge is -2.30. The van der Waals surface area contributed by atoms with Gasteiger partial charge in [-0.15, -0.1) is 0 Å². The SMILES string of the molecule is CC(C)(COP(=O)(O)OP(=O)(O)OCC1OC(n2cnc3c(N)ncnc32)C(O)C1OP(=O)(O)O)C(O)C(=O)NCCC(=O)NCCSC(=O)C[C@](C)(O)CC(=O)O. The number of nitrogens with two attached hydrogens (primary N) is 1. The van der Waals surface area contributed by atoms with Crippen molar-refractivity contribution < 1.29 is 95.5 Å². The summed E-state index contributed by atoms with van der Waals surface area (Å²) in [5, 5.41) is 44.4. The number of hydrogen-bond donors (Lipinski definition) is 11. The molecule has 2 aromatic heterocycles. The van der Waals surface area contributed by atoms with Crippen molar-refractivity contribution in [3.05, 3.63) is 12.7 Å². The van der Waals surface area contributed by atoms with Crippen LogP contribution in [0.4, 0.5) is 5.82 Å². The third-order valence-electron chi connectivity index (χ3n) is 7.82. The lowest BCUT2D eigenvalue weighted by atomic mass is 9.87. The maximum Gasteiger partial charge on any atom is 0.481 e. The molecule has 0 radical (unpaired) electrons. The van der Waals surface area contributed by atoms with Gasteiger partial charge in [0.1, 0.15) is 36.3 Å². The Balaban J connectivity index is 1.47. The van der Waals surface area contributed by atoms with E-state index in [2.05, 4.69) is 34.4 Å². The second-order valence-electron chi connectivity index (χ2n) is 13.5. The van der Waals surface area contributed by atoms with Crippen LogP contribution in [0, 0.1) is 5.41 Å². The molecule has 1 saturated heterocycles. The zero-order valence-electron chi connectivity index (χ0n) is 30.8. The summed E-state index contributed by atoms with van der Waals surface area (Å²) in [7, 11) is -16.5. The second-order valence-corrected chi connectivity index (χ2v) is 18.9. The van der Waals surface area contributed by atoms with Crippen molar-refractivity contribution >= 4 is 75.1 Å². The van der Waals surface area contributed by atoms with Gasteiger partial charge in [0, 0.05) is 37.1 Å². The predicted octanol–water partition coefficient (Wildman–Crippen LogP) is -1.72. The molecule has 2 amide bonds. The van der Waals surface area contributed by atoms with Crippen LogP contribution in [-0.4, -0.2) is 144 Å². The first-order chi connectivity index (χ1) is 26.6. The molecule has 3 rings (SSSR count). The van der Waals surface area contributed by atoms with E-state index in [1.165, 1.54) is 20.8 Å². The van der Waals surface area contributed by atoms with Crippen LogP contribution < -0.4 is 16.4 Å². The van der Waals surface area contributed by atoms with Crippen LogP contribution in [0.5, 0.6) is 0 Å². The van der Waals surface area contributed by atoms with E-state index in [0.29, 0.717) is 0 Å². The number of carbonyl (C=O) groups excluding carboxylic acids is 3. The number of aliphatic hydroxyl groups excluding tert-OH is 2. The molecule has 1 fully saturated rings. The highest BCUT2D eigenvalue weighted by molar-refractivity contribution is 8.13. The van der Waals surface area contributed by atoms with Gasteiger partial charge in [0.15, 0.2) is 22.8 Å². The normalized spacial score (nSPS) is 22.4. The standard InChI is InChI=1S/C27H44N7O20P3S/c1-26(2,21(40)24(41)30-5-4-15(35)29-6-7-58-17(38)9-27(3,42)8-16(36)37)11-51-57(48,49)54-56(46,47)50-10-14-20(53-55(43,44)45)19(39)25(52-14)34-13-33-18-22(28)31-12-32-23(18)34/h12-14,19-21,25,39-40,42H,4-11H2,1-3H3,(H,29,35)(H,30,41)(H,36,37)(H,46,47)(H,48,49)(H2,28,31,32)(H2,43,44,45)/t14?,19?,20?,21?,25?,27-/m1/s1. The average Bonchev–Trinajstić information content (AvgIpc) is 3.63. The number of hydrogen-bond acceptors (Lipinski definition) is 20. The number of aliphatic carboxylic acids is 1. The highest BCUT2D eigenvalue weighted by Gasteiger charge is 2.50. The highest BCUT2D eigenvalue weighted by Crippen LogP contribution is 2.61. The molecule has 0 aromatic carbocycles. The molecule has 0 bridgehead atoms. The Hall–Kier alpha value is -3.01.